The fourth-order valence-corrected chi connectivity index (χ4v) is 2.56. The Balaban J connectivity index is 2.36. The Morgan fingerprint density at radius 3 is 2.87 bits per heavy atom. The van der Waals surface area contributed by atoms with E-state index in [1.165, 1.54) is 17.7 Å². The van der Waals surface area contributed by atoms with Crippen LogP contribution in [0, 0.1) is 5.82 Å². The molecule has 0 radical (unpaired) electrons. The zero-order valence-corrected chi connectivity index (χ0v) is 12.9. The van der Waals surface area contributed by atoms with Crippen molar-refractivity contribution in [3.63, 3.8) is 0 Å². The van der Waals surface area contributed by atoms with Crippen LogP contribution < -0.4 is 4.74 Å². The first-order chi connectivity index (χ1) is 11.2. The molecule has 0 aliphatic heterocycles. The van der Waals surface area contributed by atoms with E-state index in [0.717, 1.165) is 0 Å². The molecule has 7 heteroatoms. The van der Waals surface area contributed by atoms with Crippen molar-refractivity contribution in [3.05, 3.63) is 48.5 Å². The van der Waals surface area contributed by atoms with E-state index in [4.69, 9.17) is 21.1 Å². The number of carbonyl (C=O) groups excluding carboxylic acids is 1. The summed E-state index contributed by atoms with van der Waals surface area (Å²) in [7, 11) is 1.34. The summed E-state index contributed by atoms with van der Waals surface area (Å²) in [5.74, 6) is -0.611. The van der Waals surface area contributed by atoms with E-state index < -0.39 is 11.9 Å². The second-order valence-corrected chi connectivity index (χ2v) is 4.86. The zero-order valence-electron chi connectivity index (χ0n) is 12.1. The van der Waals surface area contributed by atoms with Crippen molar-refractivity contribution < 1.29 is 18.7 Å². The average molecular weight is 335 g/mol. The fraction of sp³-hybridized carbons (Fsp3) is 0.125. The van der Waals surface area contributed by atoms with Gasteiger partial charge in [-0.2, -0.15) is 0 Å². The first-order valence-corrected chi connectivity index (χ1v) is 7.22. The molecule has 0 N–H and O–H groups in total. The number of ether oxygens (including phenoxy) is 2. The summed E-state index contributed by atoms with van der Waals surface area (Å²) in [6.07, 6.45) is 2.49. The van der Waals surface area contributed by atoms with Gasteiger partial charge in [0.2, 0.25) is 0 Å². The maximum absolute atomic E-state index is 14.0. The molecule has 0 aliphatic rings. The van der Waals surface area contributed by atoms with E-state index >= 15 is 0 Å². The highest BCUT2D eigenvalue weighted by molar-refractivity contribution is 6.17. The van der Waals surface area contributed by atoms with Crippen molar-refractivity contribution >= 4 is 28.6 Å². The largest absolute Gasteiger partial charge is 0.492 e. The minimum absolute atomic E-state index is 0.0378. The van der Waals surface area contributed by atoms with Gasteiger partial charge in [0.25, 0.3) is 0 Å². The number of aromatic nitrogens is 2. The number of fused-ring (bicyclic) bond motifs is 1. The molecule has 0 saturated carbocycles. The lowest BCUT2D eigenvalue weighted by molar-refractivity contribution is 0.167. The number of hydrogen-bond acceptors (Lipinski definition) is 4. The maximum atomic E-state index is 14.0. The van der Waals surface area contributed by atoms with Crippen molar-refractivity contribution in [2.24, 2.45) is 0 Å². The lowest BCUT2D eigenvalue weighted by atomic mass is 10.2. The molecule has 0 unspecified atom stereocenters. The Morgan fingerprint density at radius 2 is 2.22 bits per heavy atom. The summed E-state index contributed by atoms with van der Waals surface area (Å²) < 4.78 is 25.3. The molecule has 0 fully saturated rings. The molecule has 5 nitrogen and oxygen atoms in total. The Labute approximate surface area is 136 Å². The van der Waals surface area contributed by atoms with Gasteiger partial charge in [0.1, 0.15) is 5.52 Å². The van der Waals surface area contributed by atoms with Crippen LogP contribution in [0.2, 0.25) is 0 Å². The minimum atomic E-state index is -0.724. The molecule has 0 amide bonds. The number of rotatable bonds is 3. The zero-order chi connectivity index (χ0) is 16.4. The Morgan fingerprint density at radius 1 is 1.39 bits per heavy atom. The SMILES string of the molecule is COc1c(F)ccc2cc(-c3cccnc3)n(C(=O)OCCl)c12. The van der Waals surface area contributed by atoms with Crippen molar-refractivity contribution in [3.8, 4) is 17.0 Å². The topological polar surface area (TPSA) is 53.4 Å². The molecule has 1 aromatic carbocycles. The molecular formula is C16H12ClFN2O3. The van der Waals surface area contributed by atoms with Crippen LogP contribution in [0.25, 0.3) is 22.2 Å². The number of halogens is 2. The number of nitrogens with zero attached hydrogens (tertiary/aromatic N) is 2. The molecule has 0 bridgehead atoms. The van der Waals surface area contributed by atoms with Crippen LogP contribution in [0.1, 0.15) is 0 Å². The Hall–Kier alpha value is -2.60. The van der Waals surface area contributed by atoms with Crippen molar-refractivity contribution in [2.45, 2.75) is 0 Å². The quantitative estimate of drug-likeness (QED) is 0.678. The third-order valence-corrected chi connectivity index (χ3v) is 3.50. The smallest absolute Gasteiger partial charge is 0.420 e. The molecule has 0 spiro atoms. The first kappa shape index (κ1) is 15.3. The van der Waals surface area contributed by atoms with Crippen LogP contribution in [0.4, 0.5) is 9.18 Å². The lowest BCUT2D eigenvalue weighted by Crippen LogP contribution is -2.14. The Kier molecular flexibility index (Phi) is 4.16. The summed E-state index contributed by atoms with van der Waals surface area (Å²) in [5.41, 5.74) is 1.46. The molecule has 3 aromatic rings. The van der Waals surface area contributed by atoms with Gasteiger partial charge in [-0.3, -0.25) is 4.98 Å². The summed E-state index contributed by atoms with van der Waals surface area (Å²) in [4.78, 5) is 16.4. The lowest BCUT2D eigenvalue weighted by Gasteiger charge is -2.11. The number of hydrogen-bond donors (Lipinski definition) is 0. The fourth-order valence-electron chi connectivity index (χ4n) is 2.46. The second-order valence-electron chi connectivity index (χ2n) is 4.64. The van der Waals surface area contributed by atoms with Gasteiger partial charge >= 0.3 is 6.09 Å². The highest BCUT2D eigenvalue weighted by Crippen LogP contribution is 2.35. The number of pyridine rings is 1. The van der Waals surface area contributed by atoms with Crippen LogP contribution in [0.15, 0.2) is 42.7 Å². The van der Waals surface area contributed by atoms with E-state index in [0.29, 0.717) is 16.6 Å². The molecular weight excluding hydrogens is 323 g/mol. The van der Waals surface area contributed by atoms with E-state index in [2.05, 4.69) is 4.98 Å². The van der Waals surface area contributed by atoms with E-state index in [1.807, 2.05) is 0 Å². The number of carbonyl (C=O) groups is 1. The highest BCUT2D eigenvalue weighted by Gasteiger charge is 2.22. The van der Waals surface area contributed by atoms with Gasteiger partial charge in [-0.25, -0.2) is 13.8 Å². The molecule has 0 aliphatic carbocycles. The summed E-state index contributed by atoms with van der Waals surface area (Å²) >= 11 is 5.49. The Bertz CT molecular complexity index is 865. The normalized spacial score (nSPS) is 10.7. The molecule has 118 valence electrons. The first-order valence-electron chi connectivity index (χ1n) is 6.68. The van der Waals surface area contributed by atoms with E-state index in [9.17, 15) is 9.18 Å². The molecule has 2 aromatic heterocycles. The van der Waals surface area contributed by atoms with Gasteiger partial charge in [-0.05, 0) is 30.3 Å². The van der Waals surface area contributed by atoms with Crippen LogP contribution in [0.3, 0.4) is 0 Å². The van der Waals surface area contributed by atoms with Crippen LogP contribution in [0.5, 0.6) is 5.75 Å². The van der Waals surface area contributed by atoms with Crippen LogP contribution in [-0.2, 0) is 4.74 Å². The molecule has 23 heavy (non-hydrogen) atoms. The van der Waals surface area contributed by atoms with Gasteiger partial charge < -0.3 is 9.47 Å². The van der Waals surface area contributed by atoms with Gasteiger partial charge in [-0.15, -0.1) is 0 Å². The number of alkyl halides is 1. The van der Waals surface area contributed by atoms with E-state index in [1.54, 1.807) is 36.7 Å². The summed E-state index contributed by atoms with van der Waals surface area (Å²) in [6, 6.07) is 7.80. The minimum Gasteiger partial charge on any atom is -0.492 e. The van der Waals surface area contributed by atoms with Crippen LogP contribution >= 0.6 is 11.6 Å². The van der Waals surface area contributed by atoms with Gasteiger partial charge in [0.05, 0.1) is 12.8 Å². The van der Waals surface area contributed by atoms with Gasteiger partial charge in [0, 0.05) is 23.3 Å². The number of benzene rings is 1. The predicted molar refractivity (Wildman–Crippen MR) is 84.3 cm³/mol. The van der Waals surface area contributed by atoms with Crippen molar-refractivity contribution in [1.29, 1.82) is 0 Å². The molecule has 0 saturated heterocycles. The summed E-state index contributed by atoms with van der Waals surface area (Å²) in [5, 5.41) is 0.633. The predicted octanol–water partition coefficient (Wildman–Crippen LogP) is 4.03. The third-order valence-electron chi connectivity index (χ3n) is 3.39. The average Bonchev–Trinajstić information content (AvgIpc) is 2.95. The standard InChI is InChI=1S/C16H12ClFN2O3/c1-22-15-12(18)5-4-10-7-13(11-3-2-6-19-8-11)20(14(10)15)16(21)23-9-17/h2-8H,9H2,1H3. The maximum Gasteiger partial charge on any atom is 0.420 e. The number of methoxy groups -OCH3 is 1. The van der Waals surface area contributed by atoms with Gasteiger partial charge in [0.15, 0.2) is 17.6 Å². The molecule has 0 atom stereocenters. The summed E-state index contributed by atoms with van der Waals surface area (Å²) in [6.45, 7) is 0. The van der Waals surface area contributed by atoms with Gasteiger partial charge in [-0.1, -0.05) is 11.6 Å². The third kappa shape index (κ3) is 2.61. The second kappa shape index (κ2) is 6.26. The van der Waals surface area contributed by atoms with Crippen molar-refractivity contribution in [1.82, 2.24) is 9.55 Å². The van der Waals surface area contributed by atoms with Crippen molar-refractivity contribution in [2.75, 3.05) is 13.2 Å². The molecule has 3 rings (SSSR count). The van der Waals surface area contributed by atoms with Crippen LogP contribution in [-0.4, -0.2) is 28.8 Å². The highest BCUT2D eigenvalue weighted by atomic mass is 35.5. The van der Waals surface area contributed by atoms with E-state index in [-0.39, 0.29) is 17.3 Å². The molecule has 2 heterocycles. The monoisotopic (exact) mass is 334 g/mol.